The van der Waals surface area contributed by atoms with Crippen molar-refractivity contribution in [2.24, 2.45) is 0 Å². The molecule has 0 unspecified atom stereocenters. The quantitative estimate of drug-likeness (QED) is 0.641. The zero-order chi connectivity index (χ0) is 17.4. The molecule has 0 aliphatic heterocycles. The van der Waals surface area contributed by atoms with Crippen molar-refractivity contribution in [1.29, 1.82) is 5.26 Å². The topological polar surface area (TPSA) is 56.1 Å². The molecule has 2 aromatic carbocycles. The Bertz CT molecular complexity index is 766. The van der Waals surface area contributed by atoms with Crippen LogP contribution in [0.3, 0.4) is 0 Å². The molecule has 0 spiro atoms. The summed E-state index contributed by atoms with van der Waals surface area (Å²) in [6.07, 6.45) is 1.57. The highest BCUT2D eigenvalue weighted by Crippen LogP contribution is 2.16. The number of carbonyl (C=O) groups excluding carboxylic acids is 1. The maximum Gasteiger partial charge on any atom is 0.263 e. The maximum absolute atomic E-state index is 12.3. The van der Waals surface area contributed by atoms with Gasteiger partial charge in [0.2, 0.25) is 0 Å². The minimum atomic E-state index is -0.424. The lowest BCUT2D eigenvalue weighted by atomic mass is 10.2. The van der Waals surface area contributed by atoms with Crippen molar-refractivity contribution in [2.45, 2.75) is 13.5 Å². The van der Waals surface area contributed by atoms with Crippen LogP contribution in [0.2, 0.25) is 5.02 Å². The van der Waals surface area contributed by atoms with Crippen molar-refractivity contribution in [1.82, 2.24) is 5.32 Å². The lowest BCUT2D eigenvalue weighted by molar-refractivity contribution is -0.117. The number of benzene rings is 2. The molecule has 4 nitrogen and oxygen atoms in total. The number of hydrogen-bond donors (Lipinski definition) is 1. The SMILES string of the molecule is CCN(/C=C(/C#N)C(=O)NCc1ccccc1Cl)c1ccccc1. The van der Waals surface area contributed by atoms with E-state index in [1.54, 1.807) is 12.3 Å². The highest BCUT2D eigenvalue weighted by atomic mass is 35.5. The molecule has 1 N–H and O–H groups in total. The summed E-state index contributed by atoms with van der Waals surface area (Å²) in [6.45, 7) is 2.88. The number of nitriles is 1. The molecule has 1 amide bonds. The summed E-state index contributed by atoms with van der Waals surface area (Å²) in [5.41, 5.74) is 1.78. The summed E-state index contributed by atoms with van der Waals surface area (Å²) in [6, 6.07) is 18.8. The summed E-state index contributed by atoms with van der Waals surface area (Å²) in [5, 5.41) is 12.6. The number of anilines is 1. The summed E-state index contributed by atoms with van der Waals surface area (Å²) in [4.78, 5) is 14.1. The van der Waals surface area contributed by atoms with Gasteiger partial charge in [0.1, 0.15) is 11.6 Å². The van der Waals surface area contributed by atoms with Crippen LogP contribution in [0, 0.1) is 11.3 Å². The maximum atomic E-state index is 12.3. The summed E-state index contributed by atoms with van der Waals surface area (Å²) in [7, 11) is 0. The third-order valence-electron chi connectivity index (χ3n) is 3.48. The number of hydrogen-bond acceptors (Lipinski definition) is 3. The zero-order valence-electron chi connectivity index (χ0n) is 13.4. The van der Waals surface area contributed by atoms with Gasteiger partial charge in [-0.15, -0.1) is 0 Å². The van der Waals surface area contributed by atoms with Crippen molar-refractivity contribution in [2.75, 3.05) is 11.4 Å². The molecule has 0 saturated heterocycles. The predicted molar refractivity (Wildman–Crippen MR) is 96.5 cm³/mol. The third kappa shape index (κ3) is 4.61. The van der Waals surface area contributed by atoms with Crippen molar-refractivity contribution < 1.29 is 4.79 Å². The van der Waals surface area contributed by atoms with Crippen LogP contribution in [0.25, 0.3) is 0 Å². The Morgan fingerprint density at radius 1 is 1.21 bits per heavy atom. The van der Waals surface area contributed by atoms with Gasteiger partial charge in [-0.2, -0.15) is 5.26 Å². The number of carbonyl (C=O) groups is 1. The zero-order valence-corrected chi connectivity index (χ0v) is 14.1. The van der Waals surface area contributed by atoms with E-state index in [2.05, 4.69) is 5.32 Å². The molecular weight excluding hydrogens is 322 g/mol. The van der Waals surface area contributed by atoms with Crippen LogP contribution >= 0.6 is 11.6 Å². The van der Waals surface area contributed by atoms with Crippen LogP contribution in [-0.2, 0) is 11.3 Å². The van der Waals surface area contributed by atoms with E-state index >= 15 is 0 Å². The Kier molecular flexibility index (Phi) is 6.41. The van der Waals surface area contributed by atoms with E-state index in [4.69, 9.17) is 11.6 Å². The Hall–Kier alpha value is -2.77. The fourth-order valence-electron chi connectivity index (χ4n) is 2.17. The fraction of sp³-hybridized carbons (Fsp3) is 0.158. The molecular formula is C19H18ClN3O. The van der Waals surface area contributed by atoms with Gasteiger partial charge in [0.25, 0.3) is 5.91 Å². The van der Waals surface area contributed by atoms with E-state index in [0.717, 1.165) is 11.3 Å². The first kappa shape index (κ1) is 17.6. The molecule has 5 heteroatoms. The van der Waals surface area contributed by atoms with E-state index in [-0.39, 0.29) is 12.1 Å². The first-order chi connectivity index (χ1) is 11.7. The Morgan fingerprint density at radius 2 is 1.88 bits per heavy atom. The third-order valence-corrected chi connectivity index (χ3v) is 3.84. The smallest absolute Gasteiger partial charge is 0.263 e. The Balaban J connectivity index is 2.10. The van der Waals surface area contributed by atoms with Crippen molar-refractivity contribution in [3.63, 3.8) is 0 Å². The lowest BCUT2D eigenvalue weighted by Gasteiger charge is -2.18. The van der Waals surface area contributed by atoms with Gasteiger partial charge in [-0.3, -0.25) is 4.79 Å². The molecule has 2 rings (SSSR count). The van der Waals surface area contributed by atoms with E-state index in [1.807, 2.05) is 66.4 Å². The highest BCUT2D eigenvalue weighted by Gasteiger charge is 2.12. The number of rotatable bonds is 6. The molecule has 0 aromatic heterocycles. The van der Waals surface area contributed by atoms with E-state index in [1.165, 1.54) is 0 Å². The molecule has 2 aromatic rings. The molecule has 0 saturated carbocycles. The molecule has 24 heavy (non-hydrogen) atoms. The largest absolute Gasteiger partial charge is 0.347 e. The second-order valence-electron chi connectivity index (χ2n) is 5.05. The van der Waals surface area contributed by atoms with Gasteiger partial charge in [-0.25, -0.2) is 0 Å². The summed E-state index contributed by atoms with van der Waals surface area (Å²) < 4.78 is 0. The summed E-state index contributed by atoms with van der Waals surface area (Å²) in [5.74, 6) is -0.424. The number of halogens is 1. The van der Waals surface area contributed by atoms with Gasteiger partial charge >= 0.3 is 0 Å². The van der Waals surface area contributed by atoms with Gasteiger partial charge in [-0.05, 0) is 30.7 Å². The average molecular weight is 340 g/mol. The average Bonchev–Trinajstić information content (AvgIpc) is 2.62. The van der Waals surface area contributed by atoms with Crippen LogP contribution in [0.15, 0.2) is 66.4 Å². The lowest BCUT2D eigenvalue weighted by Crippen LogP contribution is -2.26. The van der Waals surface area contributed by atoms with E-state index < -0.39 is 5.91 Å². The number of nitrogens with one attached hydrogen (secondary N) is 1. The van der Waals surface area contributed by atoms with Gasteiger partial charge in [0, 0.05) is 30.0 Å². The molecule has 0 fully saturated rings. The normalized spacial score (nSPS) is 10.8. The van der Waals surface area contributed by atoms with E-state index in [0.29, 0.717) is 11.6 Å². The van der Waals surface area contributed by atoms with Crippen LogP contribution < -0.4 is 10.2 Å². The molecule has 0 bridgehead atoms. The standard InChI is InChI=1S/C19H18ClN3O/c1-2-23(17-9-4-3-5-10-17)14-16(12-21)19(24)22-13-15-8-6-7-11-18(15)20/h3-11,14H,2,13H2,1H3,(H,22,24)/b16-14-. The first-order valence-electron chi connectivity index (χ1n) is 7.61. The van der Waals surface area contributed by atoms with Gasteiger partial charge in [-0.1, -0.05) is 48.0 Å². The van der Waals surface area contributed by atoms with Crippen molar-refractivity contribution >= 4 is 23.2 Å². The van der Waals surface area contributed by atoms with Crippen molar-refractivity contribution in [3.8, 4) is 6.07 Å². The molecule has 122 valence electrons. The highest BCUT2D eigenvalue weighted by molar-refractivity contribution is 6.31. The predicted octanol–water partition coefficient (Wildman–Crippen LogP) is 3.89. The molecule has 0 atom stereocenters. The van der Waals surface area contributed by atoms with Crippen LogP contribution in [0.1, 0.15) is 12.5 Å². The Labute approximate surface area is 147 Å². The van der Waals surface area contributed by atoms with Crippen molar-refractivity contribution in [3.05, 3.63) is 77.0 Å². The van der Waals surface area contributed by atoms with Crippen LogP contribution in [0.5, 0.6) is 0 Å². The van der Waals surface area contributed by atoms with Crippen LogP contribution in [0.4, 0.5) is 5.69 Å². The molecule has 0 radical (unpaired) electrons. The minimum Gasteiger partial charge on any atom is -0.347 e. The number of nitrogens with zero attached hydrogens (tertiary/aromatic N) is 2. The monoisotopic (exact) mass is 339 g/mol. The Morgan fingerprint density at radius 3 is 2.50 bits per heavy atom. The fourth-order valence-corrected chi connectivity index (χ4v) is 2.38. The molecule has 0 aliphatic rings. The molecule has 0 heterocycles. The second kappa shape index (κ2) is 8.76. The number of para-hydroxylation sites is 1. The minimum absolute atomic E-state index is 0.0488. The molecule has 0 aliphatic carbocycles. The summed E-state index contributed by atoms with van der Waals surface area (Å²) >= 11 is 6.07. The van der Waals surface area contributed by atoms with E-state index in [9.17, 15) is 10.1 Å². The second-order valence-corrected chi connectivity index (χ2v) is 5.46. The first-order valence-corrected chi connectivity index (χ1v) is 7.98. The van der Waals surface area contributed by atoms with Gasteiger partial charge in [0.15, 0.2) is 0 Å². The van der Waals surface area contributed by atoms with Gasteiger partial charge < -0.3 is 10.2 Å². The van der Waals surface area contributed by atoms with Crippen LogP contribution in [-0.4, -0.2) is 12.5 Å². The van der Waals surface area contributed by atoms with Gasteiger partial charge in [0.05, 0.1) is 0 Å². The number of amides is 1.